The van der Waals surface area contributed by atoms with Crippen LogP contribution in [0.15, 0.2) is 12.1 Å². The van der Waals surface area contributed by atoms with E-state index in [0.29, 0.717) is 18.6 Å². The van der Waals surface area contributed by atoms with Gasteiger partial charge in [0.2, 0.25) is 0 Å². The van der Waals surface area contributed by atoms with Crippen LogP contribution in [-0.4, -0.2) is 36.5 Å². The SMILES string of the molecule is CSCC(C)N(C)C(CN)c1ccc(C)s1. The third kappa shape index (κ3) is 3.48. The maximum absolute atomic E-state index is 5.91. The van der Waals surface area contributed by atoms with Gasteiger partial charge < -0.3 is 5.73 Å². The highest BCUT2D eigenvalue weighted by atomic mass is 32.2. The molecule has 2 N–H and O–H groups in total. The van der Waals surface area contributed by atoms with Gasteiger partial charge in [0.05, 0.1) is 6.04 Å². The van der Waals surface area contributed by atoms with E-state index in [4.69, 9.17) is 5.73 Å². The number of thioether (sulfide) groups is 1. The van der Waals surface area contributed by atoms with Crippen LogP contribution >= 0.6 is 23.1 Å². The van der Waals surface area contributed by atoms with Crippen molar-refractivity contribution < 1.29 is 0 Å². The van der Waals surface area contributed by atoms with Gasteiger partial charge in [-0.1, -0.05) is 0 Å². The first-order chi connectivity index (χ1) is 7.60. The van der Waals surface area contributed by atoms with Crippen molar-refractivity contribution in [3.63, 3.8) is 0 Å². The Bertz CT molecular complexity index is 312. The Morgan fingerprint density at radius 1 is 1.50 bits per heavy atom. The van der Waals surface area contributed by atoms with Crippen LogP contribution in [0, 0.1) is 6.92 Å². The molecule has 0 aliphatic rings. The van der Waals surface area contributed by atoms with E-state index in [-0.39, 0.29) is 0 Å². The predicted molar refractivity (Wildman–Crippen MR) is 76.5 cm³/mol. The van der Waals surface area contributed by atoms with Crippen LogP contribution in [0.25, 0.3) is 0 Å². The van der Waals surface area contributed by atoms with Crippen molar-refractivity contribution >= 4 is 23.1 Å². The third-order valence-electron chi connectivity index (χ3n) is 2.91. The summed E-state index contributed by atoms with van der Waals surface area (Å²) in [6, 6.07) is 5.31. The van der Waals surface area contributed by atoms with Crippen LogP contribution in [0.2, 0.25) is 0 Å². The van der Waals surface area contributed by atoms with Gasteiger partial charge in [-0.2, -0.15) is 11.8 Å². The van der Waals surface area contributed by atoms with Crippen molar-refractivity contribution in [3.8, 4) is 0 Å². The van der Waals surface area contributed by atoms with E-state index >= 15 is 0 Å². The molecule has 0 amide bonds. The Labute approximate surface area is 107 Å². The maximum Gasteiger partial charge on any atom is 0.0564 e. The minimum Gasteiger partial charge on any atom is -0.329 e. The van der Waals surface area contributed by atoms with Gasteiger partial charge in [-0.05, 0) is 39.3 Å². The number of nitrogens with zero attached hydrogens (tertiary/aromatic N) is 1. The number of thiophene rings is 1. The molecule has 0 saturated carbocycles. The summed E-state index contributed by atoms with van der Waals surface area (Å²) >= 11 is 3.74. The van der Waals surface area contributed by atoms with Gasteiger partial charge in [0.15, 0.2) is 0 Å². The Hall–Kier alpha value is -0.0300. The predicted octanol–water partition coefficient (Wildman–Crippen LogP) is 2.74. The summed E-state index contributed by atoms with van der Waals surface area (Å²) < 4.78 is 0. The molecule has 0 aliphatic carbocycles. The topological polar surface area (TPSA) is 29.3 Å². The molecule has 2 nitrogen and oxygen atoms in total. The van der Waals surface area contributed by atoms with Crippen molar-refractivity contribution in [3.05, 3.63) is 21.9 Å². The van der Waals surface area contributed by atoms with Crippen LogP contribution in [0.3, 0.4) is 0 Å². The molecule has 0 fully saturated rings. The number of hydrogen-bond acceptors (Lipinski definition) is 4. The molecule has 16 heavy (non-hydrogen) atoms. The minimum absolute atomic E-state index is 0.362. The Balaban J connectivity index is 2.73. The van der Waals surface area contributed by atoms with E-state index in [1.165, 1.54) is 9.75 Å². The summed E-state index contributed by atoms with van der Waals surface area (Å²) in [6.45, 7) is 5.10. The molecule has 0 aliphatic heterocycles. The van der Waals surface area contributed by atoms with Crippen LogP contribution < -0.4 is 5.73 Å². The lowest BCUT2D eigenvalue weighted by atomic mass is 10.2. The van der Waals surface area contributed by atoms with Crippen LogP contribution in [0.5, 0.6) is 0 Å². The second-order valence-corrected chi connectivity index (χ2v) is 6.40. The molecule has 0 spiro atoms. The number of nitrogens with two attached hydrogens (primary N) is 1. The maximum atomic E-state index is 5.91. The van der Waals surface area contributed by atoms with Crippen LogP contribution in [0.4, 0.5) is 0 Å². The van der Waals surface area contributed by atoms with E-state index in [1.54, 1.807) is 0 Å². The largest absolute Gasteiger partial charge is 0.329 e. The highest BCUT2D eigenvalue weighted by Gasteiger charge is 2.21. The van der Waals surface area contributed by atoms with E-state index in [9.17, 15) is 0 Å². The molecular formula is C12H22N2S2. The molecule has 1 aromatic heterocycles. The summed E-state index contributed by atoms with van der Waals surface area (Å²) in [7, 11) is 2.17. The second kappa shape index (κ2) is 6.64. The lowest BCUT2D eigenvalue weighted by Crippen LogP contribution is -2.37. The molecule has 2 unspecified atom stereocenters. The van der Waals surface area contributed by atoms with Gasteiger partial charge in [-0.15, -0.1) is 11.3 Å². The first-order valence-electron chi connectivity index (χ1n) is 5.57. The molecule has 1 heterocycles. The normalized spacial score (nSPS) is 15.4. The molecule has 2 atom stereocenters. The summed E-state index contributed by atoms with van der Waals surface area (Å²) in [5, 5.41) is 0. The monoisotopic (exact) mass is 258 g/mol. The van der Waals surface area contributed by atoms with Crippen molar-refractivity contribution in [2.45, 2.75) is 25.9 Å². The first kappa shape index (κ1) is 14.0. The van der Waals surface area contributed by atoms with Crippen molar-refractivity contribution in [1.29, 1.82) is 0 Å². The fraction of sp³-hybridized carbons (Fsp3) is 0.667. The molecular weight excluding hydrogens is 236 g/mol. The molecule has 0 radical (unpaired) electrons. The zero-order valence-corrected chi connectivity index (χ0v) is 12.2. The van der Waals surface area contributed by atoms with E-state index in [2.05, 4.69) is 44.2 Å². The molecule has 1 aromatic rings. The Morgan fingerprint density at radius 2 is 2.19 bits per heavy atom. The Kier molecular flexibility index (Phi) is 5.83. The van der Waals surface area contributed by atoms with E-state index < -0.39 is 0 Å². The highest BCUT2D eigenvalue weighted by molar-refractivity contribution is 7.98. The lowest BCUT2D eigenvalue weighted by molar-refractivity contribution is 0.207. The zero-order valence-electron chi connectivity index (χ0n) is 10.6. The lowest BCUT2D eigenvalue weighted by Gasteiger charge is -2.31. The third-order valence-corrected chi connectivity index (χ3v) is 4.83. The van der Waals surface area contributed by atoms with Crippen molar-refractivity contribution in [1.82, 2.24) is 4.90 Å². The quantitative estimate of drug-likeness (QED) is 0.851. The van der Waals surface area contributed by atoms with E-state index in [1.807, 2.05) is 23.1 Å². The molecule has 1 rings (SSSR count). The van der Waals surface area contributed by atoms with Gasteiger partial charge in [-0.3, -0.25) is 4.90 Å². The van der Waals surface area contributed by atoms with Gasteiger partial charge in [-0.25, -0.2) is 0 Å². The molecule has 92 valence electrons. The molecule has 4 heteroatoms. The standard InChI is InChI=1S/C12H22N2S2/c1-9(8-15-4)14(3)11(7-13)12-6-5-10(2)16-12/h5-6,9,11H,7-8,13H2,1-4H3. The Morgan fingerprint density at radius 3 is 2.62 bits per heavy atom. The van der Waals surface area contributed by atoms with Gasteiger partial charge >= 0.3 is 0 Å². The van der Waals surface area contributed by atoms with Crippen molar-refractivity contribution in [2.24, 2.45) is 5.73 Å². The fourth-order valence-electron chi connectivity index (χ4n) is 1.78. The molecule has 0 saturated heterocycles. The summed E-state index contributed by atoms with van der Waals surface area (Å²) in [4.78, 5) is 5.14. The average molecular weight is 258 g/mol. The summed E-state index contributed by atoms with van der Waals surface area (Å²) in [5.41, 5.74) is 5.91. The minimum atomic E-state index is 0.362. The first-order valence-corrected chi connectivity index (χ1v) is 7.78. The number of likely N-dealkylation sites (N-methyl/N-ethyl adjacent to an activating group) is 1. The molecule has 0 bridgehead atoms. The average Bonchev–Trinajstić information content (AvgIpc) is 2.66. The number of rotatable bonds is 6. The second-order valence-electron chi connectivity index (χ2n) is 4.17. The smallest absolute Gasteiger partial charge is 0.0564 e. The highest BCUT2D eigenvalue weighted by Crippen LogP contribution is 2.27. The van der Waals surface area contributed by atoms with E-state index in [0.717, 1.165) is 5.75 Å². The summed E-state index contributed by atoms with van der Waals surface area (Å²) in [6.07, 6.45) is 2.15. The molecule has 0 aromatic carbocycles. The van der Waals surface area contributed by atoms with Crippen LogP contribution in [0.1, 0.15) is 22.7 Å². The van der Waals surface area contributed by atoms with Gasteiger partial charge in [0, 0.05) is 28.1 Å². The zero-order chi connectivity index (χ0) is 12.1. The van der Waals surface area contributed by atoms with Gasteiger partial charge in [0.25, 0.3) is 0 Å². The van der Waals surface area contributed by atoms with Gasteiger partial charge in [0.1, 0.15) is 0 Å². The number of hydrogen-bond donors (Lipinski definition) is 1. The van der Waals surface area contributed by atoms with Crippen molar-refractivity contribution in [2.75, 3.05) is 25.6 Å². The number of aryl methyl sites for hydroxylation is 1. The summed E-state index contributed by atoms with van der Waals surface area (Å²) in [5.74, 6) is 1.15. The van der Waals surface area contributed by atoms with Crippen LogP contribution in [-0.2, 0) is 0 Å². The fourth-order valence-corrected chi connectivity index (χ4v) is 3.54.